The van der Waals surface area contributed by atoms with Gasteiger partial charge in [-0.15, -0.1) is 0 Å². The van der Waals surface area contributed by atoms with Crippen molar-refractivity contribution in [2.45, 2.75) is 12.8 Å². The summed E-state index contributed by atoms with van der Waals surface area (Å²) in [4.78, 5) is 4.63. The second kappa shape index (κ2) is 15.6. The van der Waals surface area contributed by atoms with Crippen LogP contribution in [0.5, 0.6) is 0 Å². The van der Waals surface area contributed by atoms with Gasteiger partial charge in [0.05, 0.1) is 0 Å². The molecule has 0 saturated carbocycles. The predicted molar refractivity (Wildman–Crippen MR) is 269 cm³/mol. The second-order valence-corrected chi connectivity index (χ2v) is 16.0. The van der Waals surface area contributed by atoms with Crippen molar-refractivity contribution in [3.8, 4) is 11.1 Å². The highest BCUT2D eigenvalue weighted by atomic mass is 15.1. The standard InChI is InChI=1S/C60H44N2/c1-3-16-43(4-2)61(47-35-37-57-53-23-10-8-19-49(53)51-21-12-14-25-55(51)59(57)39-47)45-31-27-41(28-32-45)42-29-33-46(34-30-42)62(44-17-6-5-7-18-44)48-36-38-58-54-24-11-9-20-50(54)52-22-13-15-26-56(52)60(58)40-48/h3-8,10,12-40H,1-2,9,11H2. The summed E-state index contributed by atoms with van der Waals surface area (Å²) in [6, 6.07) is 68.6. The fourth-order valence-electron chi connectivity index (χ4n) is 9.73. The van der Waals surface area contributed by atoms with Gasteiger partial charge in [0.2, 0.25) is 0 Å². The third kappa shape index (κ3) is 6.28. The van der Waals surface area contributed by atoms with Crippen molar-refractivity contribution in [1.29, 1.82) is 0 Å². The number of nitrogens with zero attached hydrogens (tertiary/aromatic N) is 2. The van der Waals surface area contributed by atoms with Crippen LogP contribution in [0.2, 0.25) is 0 Å². The van der Waals surface area contributed by atoms with E-state index < -0.39 is 0 Å². The Morgan fingerprint density at radius 2 is 0.774 bits per heavy atom. The summed E-state index contributed by atoms with van der Waals surface area (Å²) in [6.45, 7) is 8.26. The van der Waals surface area contributed by atoms with Crippen molar-refractivity contribution in [2.24, 2.45) is 0 Å². The Morgan fingerprint density at radius 3 is 1.35 bits per heavy atom. The molecule has 0 unspecified atom stereocenters. The van der Waals surface area contributed by atoms with Crippen LogP contribution in [0.1, 0.15) is 12.8 Å². The average Bonchev–Trinajstić information content (AvgIpc) is 3.35. The van der Waals surface area contributed by atoms with Crippen LogP contribution in [0, 0.1) is 0 Å². The Hall–Kier alpha value is -7.94. The van der Waals surface area contributed by atoms with Crippen LogP contribution < -0.4 is 20.2 Å². The van der Waals surface area contributed by atoms with Crippen LogP contribution in [-0.4, -0.2) is 0 Å². The van der Waals surface area contributed by atoms with Gasteiger partial charge in [-0.05, 0) is 161 Å². The SMILES string of the molecule is C=CC=C(C=C)N(c1ccc(-c2ccc(N(c3ccccc3)c3ccc4c5c(c6ccccc6c4c3)=CCCC=5)cc2)cc1)c1ccc2c3ccccc3c3ccccc3c2c1. The number of para-hydroxylation sites is 1. The number of hydrogen-bond acceptors (Lipinski definition) is 2. The highest BCUT2D eigenvalue weighted by molar-refractivity contribution is 6.25. The Labute approximate surface area is 362 Å². The molecule has 0 amide bonds. The maximum atomic E-state index is 4.22. The van der Waals surface area contributed by atoms with Crippen molar-refractivity contribution >= 4 is 94.5 Å². The molecule has 0 aromatic heterocycles. The summed E-state index contributed by atoms with van der Waals surface area (Å²) in [5.74, 6) is 0. The van der Waals surface area contributed by atoms with Gasteiger partial charge in [-0.3, -0.25) is 0 Å². The molecule has 1 aliphatic rings. The van der Waals surface area contributed by atoms with Gasteiger partial charge in [-0.1, -0.05) is 159 Å². The monoisotopic (exact) mass is 792 g/mol. The Morgan fingerprint density at radius 1 is 0.371 bits per heavy atom. The second-order valence-electron chi connectivity index (χ2n) is 16.0. The zero-order valence-corrected chi connectivity index (χ0v) is 34.5. The molecule has 2 nitrogen and oxygen atoms in total. The highest BCUT2D eigenvalue weighted by Gasteiger charge is 2.18. The Kier molecular flexibility index (Phi) is 9.32. The van der Waals surface area contributed by atoms with Gasteiger partial charge in [0.25, 0.3) is 0 Å². The molecule has 294 valence electrons. The fraction of sp³-hybridized carbons (Fsp3) is 0.0333. The highest BCUT2D eigenvalue weighted by Crippen LogP contribution is 2.41. The zero-order valence-electron chi connectivity index (χ0n) is 34.5. The van der Waals surface area contributed by atoms with Gasteiger partial charge in [0.1, 0.15) is 0 Å². The normalized spacial score (nSPS) is 12.5. The van der Waals surface area contributed by atoms with Crippen LogP contribution in [0.15, 0.2) is 225 Å². The molecule has 0 spiro atoms. The van der Waals surface area contributed by atoms with E-state index in [1.807, 2.05) is 18.2 Å². The first kappa shape index (κ1) is 37.1. The summed E-state index contributed by atoms with van der Waals surface area (Å²) in [6.07, 6.45) is 12.7. The van der Waals surface area contributed by atoms with Crippen LogP contribution in [0.25, 0.3) is 77.1 Å². The van der Waals surface area contributed by atoms with Crippen LogP contribution >= 0.6 is 0 Å². The molecule has 2 heteroatoms. The largest absolute Gasteiger partial charge is 0.311 e. The van der Waals surface area contributed by atoms with Crippen LogP contribution in [-0.2, 0) is 0 Å². The molecule has 10 aromatic carbocycles. The maximum Gasteiger partial charge on any atom is 0.0468 e. The lowest BCUT2D eigenvalue weighted by Crippen LogP contribution is -2.28. The lowest BCUT2D eigenvalue weighted by molar-refractivity contribution is 1.13. The number of benzene rings is 10. The Bertz CT molecular complexity index is 3510. The van der Waals surface area contributed by atoms with Gasteiger partial charge in [0.15, 0.2) is 0 Å². The molecule has 1 aliphatic carbocycles. The van der Waals surface area contributed by atoms with Crippen molar-refractivity contribution in [3.05, 3.63) is 236 Å². The summed E-state index contributed by atoms with van der Waals surface area (Å²) >= 11 is 0. The molecule has 11 rings (SSSR count). The zero-order chi connectivity index (χ0) is 41.6. The maximum absolute atomic E-state index is 4.22. The first-order valence-corrected chi connectivity index (χ1v) is 21.5. The van der Waals surface area contributed by atoms with Gasteiger partial charge in [-0.2, -0.15) is 0 Å². The molecular weight excluding hydrogens is 749 g/mol. The molecule has 0 fully saturated rings. The smallest absolute Gasteiger partial charge is 0.0468 e. The first-order valence-electron chi connectivity index (χ1n) is 21.5. The van der Waals surface area contributed by atoms with Crippen molar-refractivity contribution in [2.75, 3.05) is 9.80 Å². The van der Waals surface area contributed by atoms with E-state index in [0.717, 1.165) is 58.1 Å². The minimum atomic E-state index is 0.945. The van der Waals surface area contributed by atoms with E-state index >= 15 is 0 Å². The summed E-state index contributed by atoms with van der Waals surface area (Å²) in [5.41, 5.74) is 8.69. The topological polar surface area (TPSA) is 6.48 Å². The van der Waals surface area contributed by atoms with Crippen LogP contribution in [0.4, 0.5) is 28.4 Å². The summed E-state index contributed by atoms with van der Waals surface area (Å²) in [7, 11) is 0. The minimum absolute atomic E-state index is 0.945. The molecule has 0 heterocycles. The molecule has 0 saturated heterocycles. The first-order chi connectivity index (χ1) is 30.7. The number of rotatable bonds is 9. The molecule has 0 bridgehead atoms. The lowest BCUT2D eigenvalue weighted by atomic mass is 9.94. The van der Waals surface area contributed by atoms with Gasteiger partial charge in [0, 0.05) is 34.1 Å². The lowest BCUT2D eigenvalue weighted by Gasteiger charge is -2.27. The molecule has 0 atom stereocenters. The molecule has 10 aromatic rings. The van der Waals surface area contributed by atoms with Gasteiger partial charge < -0.3 is 9.80 Å². The van der Waals surface area contributed by atoms with E-state index in [2.05, 4.69) is 223 Å². The number of allylic oxidation sites excluding steroid dienone is 3. The van der Waals surface area contributed by atoms with E-state index in [9.17, 15) is 0 Å². The van der Waals surface area contributed by atoms with Gasteiger partial charge in [-0.25, -0.2) is 0 Å². The van der Waals surface area contributed by atoms with Crippen molar-refractivity contribution in [3.63, 3.8) is 0 Å². The van der Waals surface area contributed by atoms with E-state index in [1.165, 1.54) is 64.3 Å². The van der Waals surface area contributed by atoms with E-state index in [4.69, 9.17) is 0 Å². The van der Waals surface area contributed by atoms with E-state index in [-0.39, 0.29) is 0 Å². The molecule has 0 N–H and O–H groups in total. The summed E-state index contributed by atoms with van der Waals surface area (Å²) in [5, 5.41) is 15.4. The quantitative estimate of drug-likeness (QED) is 0.106. The predicted octanol–water partition coefficient (Wildman–Crippen LogP) is 15.3. The molecule has 62 heavy (non-hydrogen) atoms. The fourth-order valence-corrected chi connectivity index (χ4v) is 9.73. The molecule has 0 radical (unpaired) electrons. The van der Waals surface area contributed by atoms with Crippen molar-refractivity contribution < 1.29 is 0 Å². The van der Waals surface area contributed by atoms with E-state index in [1.54, 1.807) is 0 Å². The van der Waals surface area contributed by atoms with Crippen molar-refractivity contribution in [1.82, 2.24) is 0 Å². The van der Waals surface area contributed by atoms with Gasteiger partial charge >= 0.3 is 0 Å². The van der Waals surface area contributed by atoms with E-state index in [0.29, 0.717) is 0 Å². The molecular formula is C60H44N2. The Balaban J connectivity index is 0.970. The third-order valence-corrected chi connectivity index (χ3v) is 12.6. The molecule has 0 aliphatic heterocycles. The number of fused-ring (bicyclic) bond motifs is 12. The van der Waals surface area contributed by atoms with Crippen LogP contribution in [0.3, 0.4) is 0 Å². The number of anilines is 5. The number of hydrogen-bond donors (Lipinski definition) is 0. The average molecular weight is 793 g/mol. The summed E-state index contributed by atoms with van der Waals surface area (Å²) < 4.78 is 0. The third-order valence-electron chi connectivity index (χ3n) is 12.6. The minimum Gasteiger partial charge on any atom is -0.311 e.